The van der Waals surface area contributed by atoms with Crippen molar-refractivity contribution in [1.82, 2.24) is 0 Å². The van der Waals surface area contributed by atoms with E-state index in [0.29, 0.717) is 45.7 Å². The summed E-state index contributed by atoms with van der Waals surface area (Å²) in [6.07, 6.45) is 16.6. The van der Waals surface area contributed by atoms with Crippen LogP contribution in [0.15, 0.2) is 153 Å². The molecule has 4 rings (SSSR count). The lowest BCUT2D eigenvalue weighted by Crippen LogP contribution is -2.08. The van der Waals surface area contributed by atoms with Crippen molar-refractivity contribution >= 4 is 23.0 Å². The average molecular weight is 673 g/mol. The molecule has 1 aliphatic rings. The fourth-order valence-electron chi connectivity index (χ4n) is 4.97. The summed E-state index contributed by atoms with van der Waals surface area (Å²) in [5.74, 6) is 0.723. The maximum absolute atomic E-state index is 12.7. The van der Waals surface area contributed by atoms with Gasteiger partial charge in [-0.15, -0.1) is 6.58 Å². The molecule has 262 valence electrons. The number of esters is 1. The number of nitrogens with one attached hydrogen (secondary N) is 1. The minimum absolute atomic E-state index is 0.422. The van der Waals surface area contributed by atoms with Gasteiger partial charge < -0.3 is 4.74 Å². The van der Waals surface area contributed by atoms with Gasteiger partial charge in [-0.1, -0.05) is 77.0 Å². The summed E-state index contributed by atoms with van der Waals surface area (Å²) in [5.41, 5.74) is 13.7. The Morgan fingerprint density at radius 1 is 0.900 bits per heavy atom. The quantitative estimate of drug-likeness (QED) is 0.0678. The molecule has 0 unspecified atom stereocenters. The molecule has 0 bridgehead atoms. The van der Waals surface area contributed by atoms with Crippen molar-refractivity contribution in [2.24, 2.45) is 25.6 Å². The maximum atomic E-state index is 12.7. The molecule has 8 nitrogen and oxygen atoms in total. The molecule has 3 aromatic rings. The molecule has 1 aliphatic carbocycles. The zero-order valence-corrected chi connectivity index (χ0v) is 30.5. The second-order valence-corrected chi connectivity index (χ2v) is 11.4. The SMILES string of the molecule is C=C(\C=C/C(N=Nc1ccc(N=N)c(C)c1)=C(C)/C=C\CC)N=Nc1ccc(C(=O)Oc2ccc(C3CCCCC3)cc2)cc1.C=CC.CC. The third-order valence-corrected chi connectivity index (χ3v) is 7.58. The van der Waals surface area contributed by atoms with Crippen LogP contribution in [0.4, 0.5) is 17.1 Å². The van der Waals surface area contributed by atoms with E-state index >= 15 is 0 Å². The molecule has 8 heteroatoms. The van der Waals surface area contributed by atoms with E-state index in [2.05, 4.69) is 63.9 Å². The van der Waals surface area contributed by atoms with Crippen molar-refractivity contribution in [2.75, 3.05) is 0 Å². The van der Waals surface area contributed by atoms with Gasteiger partial charge in [0.1, 0.15) is 5.75 Å². The van der Waals surface area contributed by atoms with E-state index in [4.69, 9.17) is 10.3 Å². The molecule has 1 fully saturated rings. The number of benzene rings is 3. The minimum atomic E-state index is -0.422. The summed E-state index contributed by atoms with van der Waals surface area (Å²) >= 11 is 0. The topological polar surface area (TPSA) is 112 Å². The highest BCUT2D eigenvalue weighted by Gasteiger charge is 2.16. The largest absolute Gasteiger partial charge is 0.423 e. The minimum Gasteiger partial charge on any atom is -0.423 e. The number of carbonyl (C=O) groups excluding carboxylic acids is 1. The number of hydrogen-bond acceptors (Lipinski definition) is 8. The summed E-state index contributed by atoms with van der Waals surface area (Å²) < 4.78 is 5.59. The Balaban J connectivity index is 0.00000164. The number of aryl methyl sites for hydroxylation is 1. The molecule has 50 heavy (non-hydrogen) atoms. The summed E-state index contributed by atoms with van der Waals surface area (Å²) in [5, 5.41) is 20.8. The third kappa shape index (κ3) is 14.0. The first kappa shape index (κ1) is 40.8. The lowest BCUT2D eigenvalue weighted by Gasteiger charge is -2.22. The van der Waals surface area contributed by atoms with Crippen LogP contribution in [0.25, 0.3) is 0 Å². The molecule has 0 heterocycles. The molecule has 0 saturated heterocycles. The van der Waals surface area contributed by atoms with Crippen LogP contribution in [-0.4, -0.2) is 5.97 Å². The highest BCUT2D eigenvalue weighted by Crippen LogP contribution is 2.33. The van der Waals surface area contributed by atoms with Crippen molar-refractivity contribution in [3.8, 4) is 5.75 Å². The summed E-state index contributed by atoms with van der Waals surface area (Å²) in [6, 6.07) is 20.0. The van der Waals surface area contributed by atoms with E-state index in [9.17, 15) is 4.79 Å². The Bertz CT molecular complexity index is 1690. The zero-order chi connectivity index (χ0) is 36.7. The summed E-state index contributed by atoms with van der Waals surface area (Å²) in [6.45, 7) is 19.1. The van der Waals surface area contributed by atoms with Gasteiger partial charge in [0.15, 0.2) is 0 Å². The molecule has 0 aliphatic heterocycles. The van der Waals surface area contributed by atoms with Gasteiger partial charge in [-0.05, 0) is 129 Å². The molecule has 0 atom stereocenters. The van der Waals surface area contributed by atoms with Crippen molar-refractivity contribution in [1.29, 1.82) is 5.53 Å². The lowest BCUT2D eigenvalue weighted by molar-refractivity contribution is 0.0734. The van der Waals surface area contributed by atoms with Crippen molar-refractivity contribution in [3.05, 3.63) is 144 Å². The van der Waals surface area contributed by atoms with E-state index in [1.54, 1.807) is 54.6 Å². The van der Waals surface area contributed by atoms with Gasteiger partial charge in [0, 0.05) is 0 Å². The van der Waals surface area contributed by atoms with Crippen LogP contribution in [0, 0.1) is 12.5 Å². The Morgan fingerprint density at radius 2 is 1.52 bits per heavy atom. The number of carbonyl (C=O) groups is 1. The third-order valence-electron chi connectivity index (χ3n) is 7.58. The second-order valence-electron chi connectivity index (χ2n) is 11.4. The normalized spacial score (nSPS) is 13.7. The fourth-order valence-corrected chi connectivity index (χ4v) is 4.97. The first-order chi connectivity index (χ1) is 24.3. The monoisotopic (exact) mass is 672 g/mol. The molecule has 0 radical (unpaired) electrons. The van der Waals surface area contributed by atoms with Crippen LogP contribution in [0.2, 0.25) is 0 Å². The summed E-state index contributed by atoms with van der Waals surface area (Å²) in [4.78, 5) is 12.7. The van der Waals surface area contributed by atoms with Gasteiger partial charge in [-0.3, -0.25) is 0 Å². The number of nitrogens with zero attached hydrogens (tertiary/aromatic N) is 5. The first-order valence-electron chi connectivity index (χ1n) is 17.3. The molecule has 1 N–H and O–H groups in total. The predicted octanol–water partition coefficient (Wildman–Crippen LogP) is 14.3. The predicted molar refractivity (Wildman–Crippen MR) is 206 cm³/mol. The Hall–Kier alpha value is -5.37. The first-order valence-corrected chi connectivity index (χ1v) is 17.3. The van der Waals surface area contributed by atoms with Gasteiger partial charge in [0.25, 0.3) is 0 Å². The second kappa shape index (κ2) is 23.1. The number of hydrogen-bond donors (Lipinski definition) is 1. The van der Waals surface area contributed by atoms with Gasteiger partial charge in [0.05, 0.1) is 34.0 Å². The van der Waals surface area contributed by atoms with Crippen LogP contribution in [0.5, 0.6) is 5.75 Å². The molecular weight excluding hydrogens is 621 g/mol. The number of rotatable bonds is 12. The summed E-state index contributed by atoms with van der Waals surface area (Å²) in [7, 11) is 0. The number of allylic oxidation sites excluding steroid dienone is 6. The zero-order valence-electron chi connectivity index (χ0n) is 30.5. The average Bonchev–Trinajstić information content (AvgIpc) is 3.15. The van der Waals surface area contributed by atoms with Gasteiger partial charge >= 0.3 is 5.97 Å². The standard InChI is InChI=1S/C37H40N6O2.C3H6.C2H6/c1-5-6-10-26(2)36(43-42-33-20-24-35(39-38)27(3)25-33)23-13-28(4)40-41-32-18-14-31(15-19-32)37(44)45-34-21-16-30(17-22-34)29-11-8-7-9-12-29;1-3-2;1-2/h6,10,13-25,29,38H,4-5,7-9,11-12H2,1-3H3;3H,1H2,2H3;1-2H3/b10-6-,23-13-,36-26-,39-38?,41-40?,43-42?;;. The van der Waals surface area contributed by atoms with Crippen LogP contribution >= 0.6 is 0 Å². The van der Waals surface area contributed by atoms with E-state index < -0.39 is 5.97 Å². The molecule has 3 aromatic carbocycles. The smallest absolute Gasteiger partial charge is 0.343 e. The van der Waals surface area contributed by atoms with Crippen LogP contribution in [-0.2, 0) is 0 Å². The highest BCUT2D eigenvalue weighted by molar-refractivity contribution is 5.91. The van der Waals surface area contributed by atoms with E-state index in [0.717, 1.165) is 17.6 Å². The Morgan fingerprint density at radius 3 is 2.12 bits per heavy atom. The number of ether oxygens (including phenoxy) is 1. The van der Waals surface area contributed by atoms with E-state index in [1.165, 1.54) is 37.7 Å². The van der Waals surface area contributed by atoms with Crippen LogP contribution in [0.1, 0.15) is 101 Å². The number of azo groups is 2. The molecule has 1 saturated carbocycles. The molecular formula is C42H52N6O2. The van der Waals surface area contributed by atoms with E-state index in [1.807, 2.05) is 58.9 Å². The van der Waals surface area contributed by atoms with Crippen molar-refractivity contribution in [2.45, 2.75) is 86.0 Å². The fraction of sp³-hybridized carbons (Fsp3) is 0.310. The maximum Gasteiger partial charge on any atom is 0.343 e. The van der Waals surface area contributed by atoms with Crippen molar-refractivity contribution < 1.29 is 9.53 Å². The molecule has 0 spiro atoms. The van der Waals surface area contributed by atoms with Crippen molar-refractivity contribution in [3.63, 3.8) is 0 Å². The van der Waals surface area contributed by atoms with Gasteiger partial charge in [-0.2, -0.15) is 25.6 Å². The van der Waals surface area contributed by atoms with Gasteiger partial charge in [0.2, 0.25) is 0 Å². The van der Waals surface area contributed by atoms with E-state index in [-0.39, 0.29) is 0 Å². The van der Waals surface area contributed by atoms with Gasteiger partial charge in [-0.25, -0.2) is 10.3 Å². The van der Waals surface area contributed by atoms with Crippen LogP contribution < -0.4 is 4.74 Å². The lowest BCUT2D eigenvalue weighted by atomic mass is 9.84. The highest BCUT2D eigenvalue weighted by atomic mass is 16.5. The molecule has 0 aromatic heterocycles. The Labute approximate surface area is 298 Å². The molecule has 0 amide bonds. The Kier molecular flexibility index (Phi) is 18.8. The van der Waals surface area contributed by atoms with Crippen LogP contribution in [0.3, 0.4) is 0 Å².